The Morgan fingerprint density at radius 2 is 1.81 bits per heavy atom. The SMILES string of the molecule is CNCCCNC1(C(=O)O)CCCCCC1. The topological polar surface area (TPSA) is 61.4 Å². The van der Waals surface area contributed by atoms with E-state index in [2.05, 4.69) is 10.6 Å². The van der Waals surface area contributed by atoms with Gasteiger partial charge in [-0.3, -0.25) is 4.79 Å². The van der Waals surface area contributed by atoms with Crippen molar-refractivity contribution in [3.8, 4) is 0 Å². The molecule has 1 rings (SSSR count). The normalized spacial score (nSPS) is 20.3. The van der Waals surface area contributed by atoms with E-state index in [9.17, 15) is 9.90 Å². The molecule has 0 heterocycles. The van der Waals surface area contributed by atoms with Gasteiger partial charge in [-0.05, 0) is 39.4 Å². The third-order valence-corrected chi connectivity index (χ3v) is 3.43. The van der Waals surface area contributed by atoms with E-state index in [4.69, 9.17) is 0 Å². The lowest BCUT2D eigenvalue weighted by atomic mass is 9.90. The summed E-state index contributed by atoms with van der Waals surface area (Å²) in [5.41, 5.74) is -0.649. The molecule has 0 aromatic carbocycles. The summed E-state index contributed by atoms with van der Waals surface area (Å²) >= 11 is 0. The van der Waals surface area contributed by atoms with E-state index in [1.165, 1.54) is 12.8 Å². The third-order valence-electron chi connectivity index (χ3n) is 3.43. The van der Waals surface area contributed by atoms with Crippen molar-refractivity contribution >= 4 is 5.97 Å². The summed E-state index contributed by atoms with van der Waals surface area (Å²) in [4.78, 5) is 11.4. The smallest absolute Gasteiger partial charge is 0.323 e. The molecule has 1 aliphatic rings. The highest BCUT2D eigenvalue weighted by Gasteiger charge is 2.37. The lowest BCUT2D eigenvalue weighted by Crippen LogP contribution is -2.52. The van der Waals surface area contributed by atoms with Crippen LogP contribution >= 0.6 is 0 Å². The van der Waals surface area contributed by atoms with Gasteiger partial charge in [-0.2, -0.15) is 0 Å². The predicted molar refractivity (Wildman–Crippen MR) is 64.6 cm³/mol. The molecule has 0 amide bonds. The minimum Gasteiger partial charge on any atom is -0.480 e. The minimum atomic E-state index is -0.668. The molecular weight excluding hydrogens is 204 g/mol. The van der Waals surface area contributed by atoms with Crippen molar-refractivity contribution in [3.05, 3.63) is 0 Å². The number of rotatable bonds is 6. The van der Waals surface area contributed by atoms with Crippen LogP contribution in [0, 0.1) is 0 Å². The van der Waals surface area contributed by atoms with Crippen LogP contribution in [0.25, 0.3) is 0 Å². The first-order valence-corrected chi connectivity index (χ1v) is 6.34. The Labute approximate surface area is 97.8 Å². The number of nitrogens with one attached hydrogen (secondary N) is 2. The summed E-state index contributed by atoms with van der Waals surface area (Å²) in [5.74, 6) is -0.668. The number of aliphatic carboxylic acids is 1. The zero-order valence-corrected chi connectivity index (χ0v) is 10.2. The monoisotopic (exact) mass is 228 g/mol. The van der Waals surface area contributed by atoms with Crippen molar-refractivity contribution in [2.24, 2.45) is 0 Å². The molecule has 0 aliphatic heterocycles. The Kier molecular flexibility index (Phi) is 5.77. The summed E-state index contributed by atoms with van der Waals surface area (Å²) < 4.78 is 0. The fourth-order valence-corrected chi connectivity index (χ4v) is 2.39. The molecule has 0 bridgehead atoms. The molecule has 4 heteroatoms. The van der Waals surface area contributed by atoms with Crippen molar-refractivity contribution in [1.82, 2.24) is 10.6 Å². The zero-order valence-electron chi connectivity index (χ0n) is 10.2. The largest absolute Gasteiger partial charge is 0.480 e. The first-order valence-electron chi connectivity index (χ1n) is 6.34. The molecule has 0 unspecified atom stereocenters. The second kappa shape index (κ2) is 6.86. The molecule has 0 saturated heterocycles. The number of carbonyl (C=O) groups is 1. The standard InChI is InChI=1S/C12H24N2O2/c1-13-9-6-10-14-12(11(15)16)7-4-2-3-5-8-12/h13-14H,2-10H2,1H3,(H,15,16). The molecule has 94 valence electrons. The van der Waals surface area contributed by atoms with Gasteiger partial charge in [-0.25, -0.2) is 0 Å². The van der Waals surface area contributed by atoms with Crippen molar-refractivity contribution < 1.29 is 9.90 Å². The Balaban J connectivity index is 2.46. The van der Waals surface area contributed by atoms with Gasteiger partial charge in [0.1, 0.15) is 5.54 Å². The quantitative estimate of drug-likeness (QED) is 0.474. The fraction of sp³-hybridized carbons (Fsp3) is 0.917. The Morgan fingerprint density at radius 1 is 1.19 bits per heavy atom. The zero-order chi connectivity index (χ0) is 11.9. The first kappa shape index (κ1) is 13.5. The first-order chi connectivity index (χ1) is 7.71. The molecular formula is C12H24N2O2. The second-order valence-corrected chi connectivity index (χ2v) is 4.69. The molecule has 16 heavy (non-hydrogen) atoms. The molecule has 0 atom stereocenters. The van der Waals surface area contributed by atoms with Gasteiger partial charge < -0.3 is 15.7 Å². The summed E-state index contributed by atoms with van der Waals surface area (Å²) in [6.45, 7) is 1.72. The number of hydrogen-bond donors (Lipinski definition) is 3. The molecule has 1 fully saturated rings. The van der Waals surface area contributed by atoms with Gasteiger partial charge in [0.25, 0.3) is 0 Å². The van der Waals surface area contributed by atoms with E-state index in [0.29, 0.717) is 0 Å². The number of carboxylic acid groups (broad SMARTS) is 1. The molecule has 0 aromatic heterocycles. The van der Waals surface area contributed by atoms with Crippen LogP contribution in [0.3, 0.4) is 0 Å². The van der Waals surface area contributed by atoms with Crippen LogP contribution < -0.4 is 10.6 Å². The van der Waals surface area contributed by atoms with Crippen LogP contribution in [-0.2, 0) is 4.79 Å². The third kappa shape index (κ3) is 3.76. The molecule has 0 radical (unpaired) electrons. The molecule has 0 spiro atoms. The van der Waals surface area contributed by atoms with Gasteiger partial charge in [0.05, 0.1) is 0 Å². The van der Waals surface area contributed by atoms with Crippen molar-refractivity contribution in [3.63, 3.8) is 0 Å². The highest BCUT2D eigenvalue weighted by Crippen LogP contribution is 2.27. The van der Waals surface area contributed by atoms with E-state index in [1.54, 1.807) is 0 Å². The molecule has 0 aromatic rings. The lowest BCUT2D eigenvalue weighted by Gasteiger charge is -2.29. The van der Waals surface area contributed by atoms with Crippen LogP contribution in [-0.4, -0.2) is 36.8 Å². The second-order valence-electron chi connectivity index (χ2n) is 4.69. The van der Waals surface area contributed by atoms with Crippen molar-refractivity contribution in [1.29, 1.82) is 0 Å². The van der Waals surface area contributed by atoms with Gasteiger partial charge in [-0.1, -0.05) is 25.7 Å². The van der Waals surface area contributed by atoms with Crippen molar-refractivity contribution in [2.45, 2.75) is 50.5 Å². The van der Waals surface area contributed by atoms with Gasteiger partial charge in [-0.15, -0.1) is 0 Å². The average Bonchev–Trinajstić information content (AvgIpc) is 2.51. The van der Waals surface area contributed by atoms with Gasteiger partial charge in [0, 0.05) is 0 Å². The van der Waals surface area contributed by atoms with E-state index in [-0.39, 0.29) is 0 Å². The summed E-state index contributed by atoms with van der Waals surface area (Å²) in [6.07, 6.45) is 6.95. The predicted octanol–water partition coefficient (Wildman–Crippen LogP) is 1.36. The fourth-order valence-electron chi connectivity index (χ4n) is 2.39. The Morgan fingerprint density at radius 3 is 2.31 bits per heavy atom. The number of carboxylic acids is 1. The van der Waals surface area contributed by atoms with Crippen LogP contribution in [0.15, 0.2) is 0 Å². The van der Waals surface area contributed by atoms with E-state index >= 15 is 0 Å². The van der Waals surface area contributed by atoms with E-state index in [0.717, 1.165) is 45.2 Å². The van der Waals surface area contributed by atoms with Crippen LogP contribution in [0.4, 0.5) is 0 Å². The minimum absolute atomic E-state index is 0.649. The van der Waals surface area contributed by atoms with Crippen LogP contribution in [0.1, 0.15) is 44.9 Å². The maximum Gasteiger partial charge on any atom is 0.323 e. The highest BCUT2D eigenvalue weighted by atomic mass is 16.4. The van der Waals surface area contributed by atoms with Gasteiger partial charge >= 0.3 is 5.97 Å². The maximum absolute atomic E-state index is 11.4. The average molecular weight is 228 g/mol. The van der Waals surface area contributed by atoms with Crippen LogP contribution in [0.2, 0.25) is 0 Å². The molecule has 3 N–H and O–H groups in total. The Hall–Kier alpha value is -0.610. The van der Waals surface area contributed by atoms with E-state index < -0.39 is 11.5 Å². The van der Waals surface area contributed by atoms with E-state index in [1.807, 2.05) is 7.05 Å². The number of hydrogen-bond acceptors (Lipinski definition) is 3. The van der Waals surface area contributed by atoms with Gasteiger partial charge in [0.2, 0.25) is 0 Å². The summed E-state index contributed by atoms with van der Waals surface area (Å²) in [7, 11) is 1.92. The lowest BCUT2D eigenvalue weighted by molar-refractivity contribution is -0.145. The molecule has 4 nitrogen and oxygen atoms in total. The maximum atomic E-state index is 11.4. The summed E-state index contributed by atoms with van der Waals surface area (Å²) in [5, 5.41) is 15.7. The van der Waals surface area contributed by atoms with Crippen molar-refractivity contribution in [2.75, 3.05) is 20.1 Å². The Bertz CT molecular complexity index is 211. The highest BCUT2D eigenvalue weighted by molar-refractivity contribution is 5.78. The van der Waals surface area contributed by atoms with Crippen LogP contribution in [0.5, 0.6) is 0 Å². The molecule has 1 saturated carbocycles. The van der Waals surface area contributed by atoms with Gasteiger partial charge in [0.15, 0.2) is 0 Å². The summed E-state index contributed by atoms with van der Waals surface area (Å²) in [6, 6.07) is 0. The molecule has 1 aliphatic carbocycles.